The molecule has 0 unspecified atom stereocenters. The number of carboxylic acids is 1. The molecule has 1 rings (SSSR count). The molecule has 0 saturated carbocycles. The lowest BCUT2D eigenvalue weighted by atomic mass is 9.91. The number of hydrogen-bond donors (Lipinski definition) is 1. The molecule has 0 heterocycles. The number of benzene rings is 1. The first kappa shape index (κ1) is 14.1. The predicted molar refractivity (Wildman–Crippen MR) is 70.9 cm³/mol. The Morgan fingerprint density at radius 2 is 2.17 bits per heavy atom. The van der Waals surface area contributed by atoms with Crippen molar-refractivity contribution in [2.75, 3.05) is 6.61 Å². The zero-order valence-corrected chi connectivity index (χ0v) is 11.0. The minimum atomic E-state index is -0.924. The highest BCUT2D eigenvalue weighted by Gasteiger charge is 2.17. The van der Waals surface area contributed by atoms with Crippen LogP contribution in [0.15, 0.2) is 18.2 Å². The van der Waals surface area contributed by atoms with Gasteiger partial charge in [-0.1, -0.05) is 13.8 Å². The summed E-state index contributed by atoms with van der Waals surface area (Å²) >= 11 is 0. The first-order valence-corrected chi connectivity index (χ1v) is 5.76. The summed E-state index contributed by atoms with van der Waals surface area (Å²) in [6.45, 7) is 6.32. The molecule has 0 radical (unpaired) electrons. The molecule has 0 aliphatic heterocycles. The molecule has 0 amide bonds. The molecule has 1 aromatic rings. The molecule has 0 spiro atoms. The molecule has 1 aromatic carbocycles. The van der Waals surface area contributed by atoms with Crippen molar-refractivity contribution in [3.05, 3.63) is 29.3 Å². The van der Waals surface area contributed by atoms with Crippen LogP contribution in [0.2, 0.25) is 0 Å². The van der Waals surface area contributed by atoms with E-state index >= 15 is 0 Å². The maximum Gasteiger partial charge on any atom is 0.335 e. The topological polar surface area (TPSA) is 46.5 Å². The van der Waals surface area contributed by atoms with Gasteiger partial charge in [-0.15, -0.1) is 12.3 Å². The summed E-state index contributed by atoms with van der Waals surface area (Å²) in [5, 5.41) is 8.92. The van der Waals surface area contributed by atoms with E-state index < -0.39 is 5.97 Å². The number of aryl methyl sites for hydroxylation is 1. The van der Waals surface area contributed by atoms with Gasteiger partial charge in [0.25, 0.3) is 0 Å². The van der Waals surface area contributed by atoms with Crippen molar-refractivity contribution in [3.8, 4) is 18.1 Å². The van der Waals surface area contributed by atoms with Gasteiger partial charge < -0.3 is 9.84 Å². The summed E-state index contributed by atoms with van der Waals surface area (Å²) in [6, 6.07) is 4.96. The van der Waals surface area contributed by atoms with Crippen LogP contribution in [0.1, 0.15) is 36.2 Å². The van der Waals surface area contributed by atoms with Crippen molar-refractivity contribution < 1.29 is 14.6 Å². The number of rotatable bonds is 5. The Balaban J connectivity index is 2.73. The Morgan fingerprint density at radius 3 is 2.67 bits per heavy atom. The van der Waals surface area contributed by atoms with Crippen molar-refractivity contribution in [1.29, 1.82) is 0 Å². The van der Waals surface area contributed by atoms with Crippen LogP contribution in [0.5, 0.6) is 5.75 Å². The standard InChI is InChI=1S/C15H18O3/c1-5-8-15(3,4)10-18-12-6-7-13(14(16)17)11(2)9-12/h1,6-7,9H,8,10H2,2-4H3,(H,16,17). The van der Waals surface area contributed by atoms with Gasteiger partial charge in [-0.25, -0.2) is 4.79 Å². The van der Waals surface area contributed by atoms with Gasteiger partial charge in [0.1, 0.15) is 5.75 Å². The van der Waals surface area contributed by atoms with E-state index in [4.69, 9.17) is 16.3 Å². The maximum absolute atomic E-state index is 10.9. The van der Waals surface area contributed by atoms with Gasteiger partial charge in [0.2, 0.25) is 0 Å². The van der Waals surface area contributed by atoms with Crippen LogP contribution in [0.3, 0.4) is 0 Å². The molecule has 3 nitrogen and oxygen atoms in total. The minimum Gasteiger partial charge on any atom is -0.493 e. The Hall–Kier alpha value is -1.95. The second-order valence-electron chi connectivity index (χ2n) is 5.12. The van der Waals surface area contributed by atoms with Gasteiger partial charge in [-0.3, -0.25) is 0 Å². The van der Waals surface area contributed by atoms with Crippen molar-refractivity contribution in [3.63, 3.8) is 0 Å². The lowest BCUT2D eigenvalue weighted by Gasteiger charge is -2.22. The van der Waals surface area contributed by atoms with Crippen molar-refractivity contribution in [2.24, 2.45) is 5.41 Å². The van der Waals surface area contributed by atoms with E-state index in [2.05, 4.69) is 5.92 Å². The number of hydrogen-bond acceptors (Lipinski definition) is 2. The van der Waals surface area contributed by atoms with E-state index in [0.29, 0.717) is 29.9 Å². The molecule has 0 aromatic heterocycles. The highest BCUT2D eigenvalue weighted by Crippen LogP contribution is 2.23. The fraction of sp³-hybridized carbons (Fsp3) is 0.400. The number of terminal acetylenes is 1. The summed E-state index contributed by atoms with van der Waals surface area (Å²) in [5.41, 5.74) is 0.897. The van der Waals surface area contributed by atoms with Crippen LogP contribution < -0.4 is 4.74 Å². The normalized spacial score (nSPS) is 10.8. The number of carbonyl (C=O) groups is 1. The minimum absolute atomic E-state index is 0.0892. The van der Waals surface area contributed by atoms with Gasteiger partial charge in [0.05, 0.1) is 12.2 Å². The highest BCUT2D eigenvalue weighted by atomic mass is 16.5. The summed E-state index contributed by atoms with van der Waals surface area (Å²) < 4.78 is 5.65. The molecule has 96 valence electrons. The maximum atomic E-state index is 10.9. The zero-order chi connectivity index (χ0) is 13.8. The number of ether oxygens (including phenoxy) is 1. The zero-order valence-electron chi connectivity index (χ0n) is 11.0. The lowest BCUT2D eigenvalue weighted by Crippen LogP contribution is -2.20. The molecule has 0 aliphatic rings. The first-order chi connectivity index (χ1) is 8.35. The molecule has 0 aliphatic carbocycles. The Labute approximate surface area is 108 Å². The van der Waals surface area contributed by atoms with E-state index in [1.54, 1.807) is 25.1 Å². The summed E-state index contributed by atoms with van der Waals surface area (Å²) in [4.78, 5) is 10.9. The van der Waals surface area contributed by atoms with E-state index in [1.165, 1.54) is 0 Å². The third-order valence-corrected chi connectivity index (χ3v) is 2.64. The second kappa shape index (κ2) is 5.59. The Morgan fingerprint density at radius 1 is 1.50 bits per heavy atom. The van der Waals surface area contributed by atoms with Gasteiger partial charge in [0, 0.05) is 11.8 Å². The van der Waals surface area contributed by atoms with Crippen molar-refractivity contribution in [2.45, 2.75) is 27.2 Å². The quantitative estimate of drug-likeness (QED) is 0.812. The Bertz CT molecular complexity index is 481. The summed E-state index contributed by atoms with van der Waals surface area (Å²) in [7, 11) is 0. The van der Waals surface area contributed by atoms with E-state index in [-0.39, 0.29) is 5.41 Å². The van der Waals surface area contributed by atoms with Crippen LogP contribution in [-0.2, 0) is 0 Å². The van der Waals surface area contributed by atoms with E-state index in [1.807, 2.05) is 13.8 Å². The average Bonchev–Trinajstić information content (AvgIpc) is 2.26. The largest absolute Gasteiger partial charge is 0.493 e. The molecule has 0 fully saturated rings. The third kappa shape index (κ3) is 3.81. The van der Waals surface area contributed by atoms with Crippen molar-refractivity contribution >= 4 is 5.97 Å². The monoisotopic (exact) mass is 246 g/mol. The lowest BCUT2D eigenvalue weighted by molar-refractivity contribution is 0.0696. The van der Waals surface area contributed by atoms with Crippen LogP contribution in [0, 0.1) is 24.7 Å². The smallest absolute Gasteiger partial charge is 0.335 e. The first-order valence-electron chi connectivity index (χ1n) is 5.76. The van der Waals surface area contributed by atoms with Gasteiger partial charge in [0.15, 0.2) is 0 Å². The molecule has 18 heavy (non-hydrogen) atoms. The van der Waals surface area contributed by atoms with Crippen LogP contribution >= 0.6 is 0 Å². The SMILES string of the molecule is C#CCC(C)(C)COc1ccc(C(=O)O)c(C)c1. The average molecular weight is 246 g/mol. The molecular formula is C15H18O3. The fourth-order valence-electron chi connectivity index (χ4n) is 1.57. The molecule has 0 saturated heterocycles. The second-order valence-corrected chi connectivity index (χ2v) is 5.12. The molecule has 0 bridgehead atoms. The Kier molecular flexibility index (Phi) is 4.38. The number of carboxylic acid groups (broad SMARTS) is 1. The van der Waals surface area contributed by atoms with Crippen LogP contribution in [0.25, 0.3) is 0 Å². The number of aromatic carboxylic acids is 1. The van der Waals surface area contributed by atoms with Gasteiger partial charge in [-0.05, 0) is 30.7 Å². The van der Waals surface area contributed by atoms with Crippen molar-refractivity contribution in [1.82, 2.24) is 0 Å². The molecule has 3 heteroatoms. The summed E-state index contributed by atoms with van der Waals surface area (Å²) in [5.74, 6) is 2.37. The van der Waals surface area contributed by atoms with Crippen LogP contribution in [0.4, 0.5) is 0 Å². The molecule has 0 atom stereocenters. The van der Waals surface area contributed by atoms with E-state index in [9.17, 15) is 4.79 Å². The molecule has 1 N–H and O–H groups in total. The van der Waals surface area contributed by atoms with Gasteiger partial charge in [-0.2, -0.15) is 0 Å². The highest BCUT2D eigenvalue weighted by molar-refractivity contribution is 5.89. The third-order valence-electron chi connectivity index (χ3n) is 2.64. The predicted octanol–water partition coefficient (Wildman–Crippen LogP) is 3.12. The summed E-state index contributed by atoms with van der Waals surface area (Å²) in [6.07, 6.45) is 5.93. The van der Waals surface area contributed by atoms with Gasteiger partial charge >= 0.3 is 5.97 Å². The molecular weight excluding hydrogens is 228 g/mol. The van der Waals surface area contributed by atoms with E-state index in [0.717, 1.165) is 0 Å². The fourth-order valence-corrected chi connectivity index (χ4v) is 1.57. The van der Waals surface area contributed by atoms with Crippen LogP contribution in [-0.4, -0.2) is 17.7 Å².